The Morgan fingerprint density at radius 2 is 1.82 bits per heavy atom. The molecule has 2 heterocycles. The average Bonchev–Trinajstić information content (AvgIpc) is 3.54. The highest BCUT2D eigenvalue weighted by Crippen LogP contribution is 2.44. The molecule has 1 aromatic heterocycles. The van der Waals surface area contributed by atoms with E-state index in [0.717, 1.165) is 17.5 Å². The van der Waals surface area contributed by atoms with Crippen LogP contribution in [0.5, 0.6) is 11.5 Å². The number of thiophene rings is 1. The number of carbonyl (C=O) groups is 2. The first-order valence-electron chi connectivity index (χ1n) is 10.6. The lowest BCUT2D eigenvalue weighted by atomic mass is 10.1. The lowest BCUT2D eigenvalue weighted by Crippen LogP contribution is -2.48. The molecule has 0 spiro atoms. The van der Waals surface area contributed by atoms with Crippen LogP contribution >= 0.6 is 23.1 Å². The summed E-state index contributed by atoms with van der Waals surface area (Å²) in [6.07, 6.45) is 0.740. The predicted octanol–water partition coefficient (Wildman–Crippen LogP) is 4.38. The molecule has 8 heteroatoms. The van der Waals surface area contributed by atoms with Gasteiger partial charge in [0, 0.05) is 12.3 Å². The fraction of sp³-hybridized carbons (Fsp3) is 0.280. The number of benzene rings is 2. The molecule has 1 aliphatic heterocycles. The van der Waals surface area contributed by atoms with Crippen LogP contribution in [0.4, 0.5) is 0 Å². The largest absolute Gasteiger partial charge is 0.493 e. The van der Waals surface area contributed by atoms with Crippen molar-refractivity contribution >= 4 is 34.9 Å². The smallest absolute Gasteiger partial charge is 0.265 e. The molecule has 3 aromatic rings. The third-order valence-corrected chi connectivity index (χ3v) is 7.70. The molecule has 0 saturated carbocycles. The summed E-state index contributed by atoms with van der Waals surface area (Å²) in [7, 11) is 3.17. The van der Waals surface area contributed by atoms with Crippen LogP contribution in [0.25, 0.3) is 0 Å². The van der Waals surface area contributed by atoms with Gasteiger partial charge < -0.3 is 19.7 Å². The molecule has 172 valence electrons. The molecule has 4 rings (SSSR count). The molecule has 0 radical (unpaired) electrons. The van der Waals surface area contributed by atoms with Gasteiger partial charge in [0.05, 0.1) is 19.1 Å². The topological polar surface area (TPSA) is 67.9 Å². The van der Waals surface area contributed by atoms with Gasteiger partial charge in [-0.3, -0.25) is 9.59 Å². The fourth-order valence-electron chi connectivity index (χ4n) is 3.84. The van der Waals surface area contributed by atoms with E-state index in [0.29, 0.717) is 28.7 Å². The first-order valence-corrected chi connectivity index (χ1v) is 12.6. The van der Waals surface area contributed by atoms with Gasteiger partial charge in [-0.25, -0.2) is 0 Å². The second-order valence-electron chi connectivity index (χ2n) is 7.53. The average molecular weight is 483 g/mol. The number of thioether (sulfide) groups is 1. The molecule has 2 aromatic carbocycles. The number of nitrogens with one attached hydrogen (secondary N) is 1. The number of ether oxygens (including phenoxy) is 2. The summed E-state index contributed by atoms with van der Waals surface area (Å²) in [5.74, 6) is 1.46. The van der Waals surface area contributed by atoms with Crippen molar-refractivity contribution in [3.8, 4) is 11.5 Å². The Labute approximate surface area is 201 Å². The SMILES string of the molecule is COc1ccc(C2SCC(C(=O)NCCc3ccccc3)N2C(=O)c2cccs2)cc1OC. The normalized spacial score (nSPS) is 17.6. The quantitative estimate of drug-likeness (QED) is 0.516. The van der Waals surface area contributed by atoms with E-state index in [4.69, 9.17) is 9.47 Å². The van der Waals surface area contributed by atoms with Crippen LogP contribution in [0.3, 0.4) is 0 Å². The van der Waals surface area contributed by atoms with E-state index in [9.17, 15) is 9.59 Å². The number of amides is 2. The number of hydrogen-bond donors (Lipinski definition) is 1. The molecule has 2 atom stereocenters. The van der Waals surface area contributed by atoms with Gasteiger partial charge >= 0.3 is 0 Å². The van der Waals surface area contributed by atoms with Gasteiger partial charge in [-0.1, -0.05) is 42.5 Å². The molecule has 6 nitrogen and oxygen atoms in total. The number of nitrogens with zero attached hydrogens (tertiary/aromatic N) is 1. The van der Waals surface area contributed by atoms with E-state index < -0.39 is 6.04 Å². The Bertz CT molecular complexity index is 1090. The molecule has 0 bridgehead atoms. The minimum atomic E-state index is -0.557. The highest BCUT2D eigenvalue weighted by molar-refractivity contribution is 7.99. The minimum Gasteiger partial charge on any atom is -0.493 e. The maximum atomic E-state index is 13.5. The van der Waals surface area contributed by atoms with Crippen LogP contribution in [0.2, 0.25) is 0 Å². The van der Waals surface area contributed by atoms with Gasteiger partial charge in [-0.15, -0.1) is 23.1 Å². The molecule has 1 aliphatic rings. The van der Waals surface area contributed by atoms with Gasteiger partial charge in [-0.2, -0.15) is 0 Å². The fourth-order valence-corrected chi connectivity index (χ4v) is 5.93. The van der Waals surface area contributed by atoms with Crippen LogP contribution in [0.1, 0.15) is 26.2 Å². The number of carbonyl (C=O) groups excluding carboxylic acids is 2. The number of methoxy groups -OCH3 is 2. The zero-order valence-electron chi connectivity index (χ0n) is 18.5. The van der Waals surface area contributed by atoms with Crippen molar-refractivity contribution in [1.29, 1.82) is 0 Å². The maximum Gasteiger partial charge on any atom is 0.265 e. The maximum absolute atomic E-state index is 13.5. The van der Waals surface area contributed by atoms with Crippen molar-refractivity contribution in [2.45, 2.75) is 17.8 Å². The Kier molecular flexibility index (Phi) is 7.57. The van der Waals surface area contributed by atoms with Crippen LogP contribution in [0.15, 0.2) is 66.0 Å². The van der Waals surface area contributed by atoms with Crippen molar-refractivity contribution in [2.75, 3.05) is 26.5 Å². The van der Waals surface area contributed by atoms with Gasteiger partial charge in [0.2, 0.25) is 5.91 Å². The summed E-state index contributed by atoms with van der Waals surface area (Å²) >= 11 is 2.96. The van der Waals surface area contributed by atoms with Crippen LogP contribution < -0.4 is 14.8 Å². The zero-order valence-corrected chi connectivity index (χ0v) is 20.2. The van der Waals surface area contributed by atoms with E-state index in [1.165, 1.54) is 11.3 Å². The van der Waals surface area contributed by atoms with Crippen LogP contribution in [-0.4, -0.2) is 49.3 Å². The summed E-state index contributed by atoms with van der Waals surface area (Å²) in [4.78, 5) is 28.9. The molecule has 33 heavy (non-hydrogen) atoms. The molecule has 1 fully saturated rings. The summed E-state index contributed by atoms with van der Waals surface area (Å²) in [6, 6.07) is 18.7. The second kappa shape index (κ2) is 10.8. The van der Waals surface area contributed by atoms with Crippen LogP contribution in [-0.2, 0) is 11.2 Å². The molecule has 2 unspecified atom stereocenters. The Balaban J connectivity index is 1.55. The molecule has 1 saturated heterocycles. The van der Waals surface area contributed by atoms with Crippen molar-refractivity contribution in [2.24, 2.45) is 0 Å². The zero-order chi connectivity index (χ0) is 23.2. The van der Waals surface area contributed by atoms with Gasteiger partial charge in [0.1, 0.15) is 11.4 Å². The summed E-state index contributed by atoms with van der Waals surface area (Å²) in [5, 5.41) is 4.60. The first kappa shape index (κ1) is 23.2. The van der Waals surface area contributed by atoms with Crippen LogP contribution in [0, 0.1) is 0 Å². The minimum absolute atomic E-state index is 0.133. The Morgan fingerprint density at radius 3 is 2.52 bits per heavy atom. The molecular weight excluding hydrogens is 456 g/mol. The second-order valence-corrected chi connectivity index (χ2v) is 9.59. The van der Waals surface area contributed by atoms with E-state index in [1.54, 1.807) is 36.9 Å². The molecule has 0 aliphatic carbocycles. The van der Waals surface area contributed by atoms with E-state index in [-0.39, 0.29) is 17.2 Å². The standard InChI is InChI=1S/C25H26N2O4S2/c1-30-20-11-10-18(15-21(20)31-2)25-27(24(29)22-9-6-14-32-22)19(16-33-25)23(28)26-13-12-17-7-4-3-5-8-17/h3-11,14-15,19,25H,12-13,16H2,1-2H3,(H,26,28). The van der Waals surface area contributed by atoms with E-state index in [1.807, 2.05) is 60.0 Å². The Morgan fingerprint density at radius 1 is 1.03 bits per heavy atom. The number of rotatable bonds is 8. The third-order valence-electron chi connectivity index (χ3n) is 5.52. The van der Waals surface area contributed by atoms with Gasteiger partial charge in [0.15, 0.2) is 11.5 Å². The van der Waals surface area contributed by atoms with Gasteiger partial charge in [0.25, 0.3) is 5.91 Å². The highest BCUT2D eigenvalue weighted by atomic mass is 32.2. The van der Waals surface area contributed by atoms with Crippen molar-refractivity contribution < 1.29 is 19.1 Å². The third kappa shape index (κ3) is 5.17. The summed E-state index contributed by atoms with van der Waals surface area (Å²) in [6.45, 7) is 0.520. The number of hydrogen-bond acceptors (Lipinski definition) is 6. The molecular formula is C25H26N2O4S2. The highest BCUT2D eigenvalue weighted by Gasteiger charge is 2.43. The lowest BCUT2D eigenvalue weighted by Gasteiger charge is -2.29. The van der Waals surface area contributed by atoms with E-state index >= 15 is 0 Å². The molecule has 1 N–H and O–H groups in total. The summed E-state index contributed by atoms with van der Waals surface area (Å²) < 4.78 is 10.8. The first-order chi connectivity index (χ1) is 16.1. The predicted molar refractivity (Wildman–Crippen MR) is 132 cm³/mol. The van der Waals surface area contributed by atoms with Crippen molar-refractivity contribution in [3.05, 3.63) is 82.0 Å². The lowest BCUT2D eigenvalue weighted by molar-refractivity contribution is -0.124. The van der Waals surface area contributed by atoms with Crippen molar-refractivity contribution in [1.82, 2.24) is 10.2 Å². The van der Waals surface area contributed by atoms with Gasteiger partial charge in [-0.05, 0) is 41.1 Å². The monoisotopic (exact) mass is 482 g/mol. The van der Waals surface area contributed by atoms with Crippen molar-refractivity contribution in [3.63, 3.8) is 0 Å². The molecule has 2 amide bonds. The Hall–Kier alpha value is -2.97. The summed E-state index contributed by atoms with van der Waals surface area (Å²) in [5.41, 5.74) is 2.05. The van der Waals surface area contributed by atoms with E-state index in [2.05, 4.69) is 5.32 Å².